The highest BCUT2D eigenvalue weighted by Crippen LogP contribution is 2.06. The maximum absolute atomic E-state index is 11.2. The molecule has 4 nitrogen and oxygen atoms in total. The van der Waals surface area contributed by atoms with Crippen LogP contribution in [0.5, 0.6) is 0 Å². The van der Waals surface area contributed by atoms with Crippen molar-refractivity contribution in [2.45, 2.75) is 26.3 Å². The van der Waals surface area contributed by atoms with Gasteiger partial charge in [0.1, 0.15) is 0 Å². The second-order valence-electron chi connectivity index (χ2n) is 3.36. The highest BCUT2D eigenvalue weighted by atomic mass is 16.1. The summed E-state index contributed by atoms with van der Waals surface area (Å²) in [6.07, 6.45) is 1.81. The van der Waals surface area contributed by atoms with E-state index in [4.69, 9.17) is 5.26 Å². The Kier molecular flexibility index (Phi) is 8.41. The molecule has 1 rings (SSSR count). The van der Waals surface area contributed by atoms with E-state index in [-0.39, 0.29) is 11.8 Å². The van der Waals surface area contributed by atoms with Crippen LogP contribution in [0.15, 0.2) is 12.7 Å². The monoisotopic (exact) mass is 223 g/mol. The van der Waals surface area contributed by atoms with Crippen molar-refractivity contribution >= 4 is 5.78 Å². The van der Waals surface area contributed by atoms with Gasteiger partial charge in [-0.25, -0.2) is 0 Å². The molecule has 16 heavy (non-hydrogen) atoms. The van der Waals surface area contributed by atoms with Crippen molar-refractivity contribution in [2.75, 3.05) is 26.2 Å². The normalized spacial score (nSPS) is 20.2. The molecule has 0 aromatic rings. The summed E-state index contributed by atoms with van der Waals surface area (Å²) in [5, 5.41) is 11.8. The van der Waals surface area contributed by atoms with Gasteiger partial charge in [0.15, 0.2) is 5.78 Å². The topological polar surface area (TPSA) is 56.1 Å². The van der Waals surface area contributed by atoms with Gasteiger partial charge in [0, 0.05) is 25.7 Å². The van der Waals surface area contributed by atoms with Crippen LogP contribution >= 0.6 is 0 Å². The molecular weight excluding hydrogens is 202 g/mol. The van der Waals surface area contributed by atoms with Crippen LogP contribution in [0.2, 0.25) is 0 Å². The number of rotatable bonds is 4. The second kappa shape index (κ2) is 9.08. The third-order valence-electron chi connectivity index (χ3n) is 2.39. The van der Waals surface area contributed by atoms with Crippen molar-refractivity contribution in [1.29, 1.82) is 5.26 Å². The van der Waals surface area contributed by atoms with Crippen LogP contribution in [-0.2, 0) is 4.79 Å². The molecule has 1 heterocycles. The average molecular weight is 223 g/mol. The maximum Gasteiger partial charge on any atom is 0.169 e. The Hall–Kier alpha value is -1.18. The van der Waals surface area contributed by atoms with Gasteiger partial charge in [-0.1, -0.05) is 20.4 Å². The first kappa shape index (κ1) is 14.8. The van der Waals surface area contributed by atoms with Gasteiger partial charge in [0.25, 0.3) is 0 Å². The van der Waals surface area contributed by atoms with E-state index in [1.807, 2.05) is 18.7 Å². The molecule has 0 amide bonds. The van der Waals surface area contributed by atoms with Gasteiger partial charge in [0.2, 0.25) is 0 Å². The van der Waals surface area contributed by atoms with Gasteiger partial charge in [0.05, 0.1) is 19.0 Å². The molecule has 1 atom stereocenters. The lowest BCUT2D eigenvalue weighted by molar-refractivity contribution is -0.116. The third kappa shape index (κ3) is 5.06. The van der Waals surface area contributed by atoms with Crippen LogP contribution < -0.4 is 5.32 Å². The Morgan fingerprint density at radius 3 is 2.94 bits per heavy atom. The lowest BCUT2D eigenvalue weighted by Gasteiger charge is -2.34. The molecule has 1 fully saturated rings. The molecule has 0 aliphatic carbocycles. The molecule has 1 aliphatic rings. The van der Waals surface area contributed by atoms with Crippen molar-refractivity contribution < 1.29 is 4.79 Å². The Morgan fingerprint density at radius 1 is 1.69 bits per heavy atom. The van der Waals surface area contributed by atoms with Crippen LogP contribution in [0.3, 0.4) is 0 Å². The van der Waals surface area contributed by atoms with E-state index >= 15 is 0 Å². The summed E-state index contributed by atoms with van der Waals surface area (Å²) in [6, 6.07) is 2.30. The van der Waals surface area contributed by atoms with E-state index in [1.54, 1.807) is 0 Å². The molecule has 4 heteroatoms. The van der Waals surface area contributed by atoms with Crippen molar-refractivity contribution in [3.8, 4) is 6.07 Å². The first-order valence-electron chi connectivity index (χ1n) is 5.75. The smallest absolute Gasteiger partial charge is 0.169 e. The summed E-state index contributed by atoms with van der Waals surface area (Å²) in [7, 11) is 0. The molecule has 1 saturated heterocycles. The Morgan fingerprint density at radius 2 is 2.38 bits per heavy atom. The fourth-order valence-corrected chi connectivity index (χ4v) is 1.58. The minimum atomic E-state index is 0.0230. The number of ketones is 1. The van der Waals surface area contributed by atoms with Crippen molar-refractivity contribution in [3.63, 3.8) is 0 Å². The Bertz CT molecular complexity index is 257. The predicted octanol–water partition coefficient (Wildman–Crippen LogP) is 0.955. The first-order valence-corrected chi connectivity index (χ1v) is 5.75. The zero-order chi connectivity index (χ0) is 12.4. The molecule has 0 spiro atoms. The first-order chi connectivity index (χ1) is 7.77. The molecule has 1 N–H and O–H groups in total. The quantitative estimate of drug-likeness (QED) is 0.721. The highest BCUT2D eigenvalue weighted by Gasteiger charge is 2.22. The molecular formula is C12H21N3O. The summed E-state index contributed by atoms with van der Waals surface area (Å²) >= 11 is 0. The van der Waals surface area contributed by atoms with Crippen LogP contribution in [0.1, 0.15) is 20.3 Å². The molecule has 90 valence electrons. The average Bonchev–Trinajstić information content (AvgIpc) is 2.34. The lowest BCUT2D eigenvalue weighted by Crippen LogP contribution is -2.52. The number of carbonyl (C=O) groups excluding carboxylic acids is 1. The fourth-order valence-electron chi connectivity index (χ4n) is 1.58. The molecule has 0 bridgehead atoms. The summed E-state index contributed by atoms with van der Waals surface area (Å²) in [4.78, 5) is 13.2. The van der Waals surface area contributed by atoms with Crippen molar-refractivity contribution in [1.82, 2.24) is 10.2 Å². The third-order valence-corrected chi connectivity index (χ3v) is 2.39. The molecule has 0 radical (unpaired) electrons. The number of carbonyl (C=O) groups is 1. The van der Waals surface area contributed by atoms with Crippen molar-refractivity contribution in [2.24, 2.45) is 0 Å². The Balaban J connectivity index is 0.00000106. The van der Waals surface area contributed by atoms with Gasteiger partial charge in [-0.05, 0) is 6.08 Å². The van der Waals surface area contributed by atoms with Crippen LogP contribution in [-0.4, -0.2) is 42.9 Å². The largest absolute Gasteiger partial charge is 0.314 e. The van der Waals surface area contributed by atoms with E-state index in [1.165, 1.54) is 6.08 Å². The number of piperazine rings is 1. The summed E-state index contributed by atoms with van der Waals surface area (Å²) in [6.45, 7) is 10.3. The SMILES string of the molecule is C=CC(=O)CN1CCNCC1CC#N.CC. The van der Waals surface area contributed by atoms with Crippen LogP contribution in [0, 0.1) is 11.3 Å². The molecule has 1 aliphatic heterocycles. The summed E-state index contributed by atoms with van der Waals surface area (Å²) < 4.78 is 0. The molecule has 0 aromatic heterocycles. The molecule has 0 aromatic carbocycles. The summed E-state index contributed by atoms with van der Waals surface area (Å²) in [5.41, 5.74) is 0. The highest BCUT2D eigenvalue weighted by molar-refractivity contribution is 5.90. The maximum atomic E-state index is 11.2. The molecule has 0 saturated carbocycles. The summed E-state index contributed by atoms with van der Waals surface area (Å²) in [5.74, 6) is 0.0230. The lowest BCUT2D eigenvalue weighted by atomic mass is 10.1. The number of nitrogens with zero attached hydrogens (tertiary/aromatic N) is 2. The van der Waals surface area contributed by atoms with E-state index < -0.39 is 0 Å². The van der Waals surface area contributed by atoms with Gasteiger partial charge in [-0.3, -0.25) is 9.69 Å². The number of nitrogens with one attached hydrogen (secondary N) is 1. The van der Waals surface area contributed by atoms with E-state index in [2.05, 4.69) is 18.0 Å². The van der Waals surface area contributed by atoms with Crippen LogP contribution in [0.25, 0.3) is 0 Å². The molecule has 1 unspecified atom stereocenters. The zero-order valence-corrected chi connectivity index (χ0v) is 10.2. The number of hydrogen-bond acceptors (Lipinski definition) is 4. The van der Waals surface area contributed by atoms with E-state index in [0.29, 0.717) is 13.0 Å². The Labute approximate surface area is 97.9 Å². The van der Waals surface area contributed by atoms with Gasteiger partial charge >= 0.3 is 0 Å². The number of nitriles is 1. The van der Waals surface area contributed by atoms with Crippen LogP contribution in [0.4, 0.5) is 0 Å². The van der Waals surface area contributed by atoms with Crippen molar-refractivity contribution in [3.05, 3.63) is 12.7 Å². The predicted molar refractivity (Wildman–Crippen MR) is 65.0 cm³/mol. The fraction of sp³-hybridized carbons (Fsp3) is 0.667. The minimum Gasteiger partial charge on any atom is -0.314 e. The zero-order valence-electron chi connectivity index (χ0n) is 10.2. The second-order valence-corrected chi connectivity index (χ2v) is 3.36. The minimum absolute atomic E-state index is 0.0230. The van der Waals surface area contributed by atoms with E-state index in [9.17, 15) is 4.79 Å². The number of hydrogen-bond donors (Lipinski definition) is 1. The van der Waals surface area contributed by atoms with Gasteiger partial charge in [-0.15, -0.1) is 0 Å². The van der Waals surface area contributed by atoms with E-state index in [0.717, 1.165) is 19.6 Å². The van der Waals surface area contributed by atoms with Gasteiger partial charge < -0.3 is 5.32 Å². The van der Waals surface area contributed by atoms with Gasteiger partial charge in [-0.2, -0.15) is 5.26 Å². The standard InChI is InChI=1S/C10H15N3O.C2H6/c1-2-10(14)8-13-6-5-12-7-9(13)3-4-11;1-2/h2,9,12H,1,3,5-8H2;1-2H3.